The van der Waals surface area contributed by atoms with E-state index in [2.05, 4.69) is 25.2 Å². The molecule has 0 spiro atoms. The van der Waals surface area contributed by atoms with E-state index < -0.39 is 0 Å². The van der Waals surface area contributed by atoms with E-state index in [0.29, 0.717) is 46.5 Å². The Morgan fingerprint density at radius 3 is 2.59 bits per heavy atom. The Bertz CT molecular complexity index is 1080. The molecule has 9 nitrogen and oxygen atoms in total. The molecule has 0 atom stereocenters. The molecule has 3 heterocycles. The van der Waals surface area contributed by atoms with Crippen LogP contribution in [0, 0.1) is 13.8 Å². The topological polar surface area (TPSA) is 119 Å². The number of hydrogen-bond acceptors (Lipinski definition) is 6. The quantitative estimate of drug-likeness (QED) is 0.610. The lowest BCUT2D eigenvalue weighted by Gasteiger charge is -2.10. The predicted octanol–water partition coefficient (Wildman–Crippen LogP) is -0.584. The van der Waals surface area contributed by atoms with Crippen LogP contribution in [-0.2, 0) is 4.74 Å². The molecule has 2 aromatic rings. The van der Waals surface area contributed by atoms with Gasteiger partial charge in [-0.3, -0.25) is 15.0 Å². The monoisotopic (exact) mass is 370 g/mol. The summed E-state index contributed by atoms with van der Waals surface area (Å²) in [5, 5.41) is 6.22. The minimum absolute atomic E-state index is 0.295. The van der Waals surface area contributed by atoms with Crippen molar-refractivity contribution in [2.75, 3.05) is 27.2 Å². The van der Waals surface area contributed by atoms with Crippen LogP contribution in [0.2, 0.25) is 0 Å². The van der Waals surface area contributed by atoms with E-state index in [1.54, 1.807) is 25.4 Å². The maximum Gasteiger partial charge on any atom is 0.340 e. The number of nitrogens with zero attached hydrogens (tertiary/aromatic N) is 3. The first-order chi connectivity index (χ1) is 12.9. The molecule has 142 valence electrons. The van der Waals surface area contributed by atoms with Gasteiger partial charge in [0.2, 0.25) is 0 Å². The van der Waals surface area contributed by atoms with Crippen LogP contribution in [0.5, 0.6) is 0 Å². The van der Waals surface area contributed by atoms with Crippen molar-refractivity contribution in [1.82, 2.24) is 20.1 Å². The van der Waals surface area contributed by atoms with Crippen LogP contribution in [0.25, 0.3) is 11.9 Å². The maximum absolute atomic E-state index is 12.4. The third-order valence-electron chi connectivity index (χ3n) is 4.24. The van der Waals surface area contributed by atoms with E-state index in [4.69, 9.17) is 4.74 Å². The second-order valence-corrected chi connectivity index (χ2v) is 6.49. The largest absolute Gasteiger partial charge is 0.461 e. The van der Waals surface area contributed by atoms with Crippen molar-refractivity contribution in [3.8, 4) is 0 Å². The van der Waals surface area contributed by atoms with E-state index in [9.17, 15) is 9.59 Å². The minimum Gasteiger partial charge on any atom is -0.461 e. The van der Waals surface area contributed by atoms with Crippen LogP contribution in [0.4, 0.5) is 0 Å². The number of ether oxygens (including phenoxy) is 1. The predicted molar refractivity (Wildman–Crippen MR) is 104 cm³/mol. The highest BCUT2D eigenvalue weighted by Crippen LogP contribution is 2.19. The maximum atomic E-state index is 12.4. The molecule has 0 radical (unpaired) electrons. The molecular formula is C18H22N6O3. The summed E-state index contributed by atoms with van der Waals surface area (Å²) >= 11 is 0. The van der Waals surface area contributed by atoms with Gasteiger partial charge in [-0.05, 0) is 39.6 Å². The Balaban J connectivity index is 2.01. The fourth-order valence-corrected chi connectivity index (χ4v) is 2.81. The Labute approximate surface area is 155 Å². The molecule has 27 heavy (non-hydrogen) atoms. The number of rotatable bonds is 5. The lowest BCUT2D eigenvalue weighted by atomic mass is 10.1. The molecule has 1 aliphatic rings. The highest BCUT2D eigenvalue weighted by Gasteiger charge is 2.19. The first kappa shape index (κ1) is 18.6. The van der Waals surface area contributed by atoms with Crippen LogP contribution < -0.4 is 16.1 Å². The number of esters is 1. The molecule has 0 unspecified atom stereocenters. The van der Waals surface area contributed by atoms with E-state index in [0.717, 1.165) is 5.56 Å². The van der Waals surface area contributed by atoms with Gasteiger partial charge in [0, 0.05) is 30.4 Å². The van der Waals surface area contributed by atoms with E-state index in [-0.39, 0.29) is 11.5 Å². The van der Waals surface area contributed by atoms with Crippen LogP contribution in [0.3, 0.4) is 0 Å². The molecule has 0 bridgehead atoms. The lowest BCUT2D eigenvalue weighted by Crippen LogP contribution is -2.34. The van der Waals surface area contributed by atoms with Gasteiger partial charge in [0.25, 0.3) is 5.56 Å². The molecule has 0 aromatic carbocycles. The Hall–Kier alpha value is -3.20. The molecule has 1 aliphatic heterocycles. The summed E-state index contributed by atoms with van der Waals surface area (Å²) in [7, 11) is 3.83. The molecule has 0 saturated carbocycles. The van der Waals surface area contributed by atoms with Gasteiger partial charge < -0.3 is 14.6 Å². The summed E-state index contributed by atoms with van der Waals surface area (Å²) in [5.74, 6) is 0.0363. The summed E-state index contributed by atoms with van der Waals surface area (Å²) in [6, 6.07) is 0. The minimum atomic E-state index is -0.384. The van der Waals surface area contributed by atoms with Crippen LogP contribution in [0.15, 0.2) is 14.8 Å². The standard InChI is InChI=1S/C18H22N6O3/c1-10-13(21-11(2)14(10)18(26)27-8-7-24(3)4)9-12-15(22-23-17(12)25)16-19-5-6-20-16/h5-6,9,21-22H,7-8H2,1-4H3,(H,23,25). The van der Waals surface area contributed by atoms with Gasteiger partial charge in [0.05, 0.1) is 10.8 Å². The number of H-pyrrole nitrogens is 3. The molecule has 9 heteroatoms. The van der Waals surface area contributed by atoms with Gasteiger partial charge in [-0.15, -0.1) is 0 Å². The SMILES string of the molecule is Cc1[nH]c(C=c2c(=O)[nH][nH]c2=C2N=CC=N2)c(C)c1C(=O)OCCN(C)C. The van der Waals surface area contributed by atoms with Crippen molar-refractivity contribution in [2.45, 2.75) is 13.8 Å². The Morgan fingerprint density at radius 2 is 1.93 bits per heavy atom. The Morgan fingerprint density at radius 1 is 1.22 bits per heavy atom. The third kappa shape index (κ3) is 3.82. The Kier molecular flexibility index (Phi) is 5.22. The second kappa shape index (κ2) is 7.58. The summed E-state index contributed by atoms with van der Waals surface area (Å²) < 4.78 is 5.35. The highest BCUT2D eigenvalue weighted by molar-refractivity contribution is 6.20. The van der Waals surface area contributed by atoms with Crippen molar-refractivity contribution < 1.29 is 9.53 Å². The zero-order valence-corrected chi connectivity index (χ0v) is 15.7. The number of aliphatic imine (C=N–C) groups is 2. The van der Waals surface area contributed by atoms with Crippen molar-refractivity contribution in [1.29, 1.82) is 0 Å². The number of hydrogen-bond donors (Lipinski definition) is 3. The average Bonchev–Trinajstić information content (AvgIpc) is 3.30. The zero-order valence-electron chi connectivity index (χ0n) is 15.7. The first-order valence-electron chi connectivity index (χ1n) is 8.49. The fraction of sp³-hybridized carbons (Fsp3) is 0.333. The number of aromatic nitrogens is 3. The van der Waals surface area contributed by atoms with Gasteiger partial charge in [-0.25, -0.2) is 14.8 Å². The first-order valence-corrected chi connectivity index (χ1v) is 8.49. The van der Waals surface area contributed by atoms with Crippen molar-refractivity contribution in [3.63, 3.8) is 0 Å². The molecule has 2 aromatic heterocycles. The van der Waals surface area contributed by atoms with Crippen LogP contribution in [0.1, 0.15) is 27.3 Å². The molecular weight excluding hydrogens is 348 g/mol. The van der Waals surface area contributed by atoms with Gasteiger partial charge in [0.15, 0.2) is 5.82 Å². The van der Waals surface area contributed by atoms with E-state index in [1.807, 2.05) is 25.9 Å². The normalized spacial score (nSPS) is 14.0. The number of likely N-dealkylation sites (N-methyl/N-ethyl adjacent to an activating group) is 1. The molecule has 0 amide bonds. The summed E-state index contributed by atoms with van der Waals surface area (Å²) in [5.41, 5.74) is 2.25. The van der Waals surface area contributed by atoms with Crippen LogP contribution >= 0.6 is 0 Å². The van der Waals surface area contributed by atoms with E-state index >= 15 is 0 Å². The number of carbonyl (C=O) groups is 1. The average molecular weight is 370 g/mol. The number of nitrogens with one attached hydrogen (secondary N) is 3. The van der Waals surface area contributed by atoms with Crippen molar-refractivity contribution >= 4 is 30.3 Å². The van der Waals surface area contributed by atoms with Crippen molar-refractivity contribution in [2.24, 2.45) is 9.98 Å². The second-order valence-electron chi connectivity index (χ2n) is 6.49. The molecule has 0 saturated heterocycles. The fourth-order valence-electron chi connectivity index (χ4n) is 2.81. The summed E-state index contributed by atoms with van der Waals surface area (Å²) in [4.78, 5) is 38.0. The third-order valence-corrected chi connectivity index (χ3v) is 4.24. The molecule has 0 fully saturated rings. The van der Waals surface area contributed by atoms with Crippen LogP contribution in [-0.4, -0.2) is 65.7 Å². The summed E-state index contributed by atoms with van der Waals surface area (Å²) in [6.07, 6.45) is 4.78. The number of aryl methyl sites for hydroxylation is 1. The summed E-state index contributed by atoms with van der Waals surface area (Å²) in [6.45, 7) is 4.58. The van der Waals surface area contributed by atoms with Gasteiger partial charge >= 0.3 is 5.97 Å². The lowest BCUT2D eigenvalue weighted by molar-refractivity contribution is 0.0480. The van der Waals surface area contributed by atoms with Gasteiger partial charge in [0.1, 0.15) is 12.0 Å². The molecule has 3 rings (SSSR count). The number of aromatic amines is 3. The highest BCUT2D eigenvalue weighted by atomic mass is 16.5. The van der Waals surface area contributed by atoms with Gasteiger partial charge in [-0.1, -0.05) is 0 Å². The molecule has 3 N–H and O–H groups in total. The molecule has 0 aliphatic carbocycles. The smallest absolute Gasteiger partial charge is 0.340 e. The van der Waals surface area contributed by atoms with Crippen molar-refractivity contribution in [3.05, 3.63) is 43.4 Å². The zero-order chi connectivity index (χ0) is 19.6. The number of carbonyl (C=O) groups excluding carboxylic acids is 1. The van der Waals surface area contributed by atoms with E-state index in [1.165, 1.54) is 0 Å². The van der Waals surface area contributed by atoms with Gasteiger partial charge in [-0.2, -0.15) is 0 Å².